The van der Waals surface area contributed by atoms with E-state index >= 15 is 0 Å². The van der Waals surface area contributed by atoms with E-state index in [1.165, 1.54) is 24.1 Å². The first kappa shape index (κ1) is 13.0. The molecule has 1 aromatic heterocycles. The molecule has 0 atom stereocenters. The maximum Gasteiger partial charge on any atom is 0.362 e. The zero-order valence-corrected chi connectivity index (χ0v) is 11.0. The summed E-state index contributed by atoms with van der Waals surface area (Å²) in [5, 5.41) is 4.03. The second-order valence-corrected chi connectivity index (χ2v) is 4.31. The minimum atomic E-state index is -0.733. The smallest absolute Gasteiger partial charge is 0.362 e. The summed E-state index contributed by atoms with van der Waals surface area (Å²) in [6.45, 7) is 3.94. The molecular weight excluding hydrogens is 244 g/mol. The Hall–Kier alpha value is -2.43. The summed E-state index contributed by atoms with van der Waals surface area (Å²) in [6.07, 6.45) is 1.53. The van der Waals surface area contributed by atoms with Gasteiger partial charge in [-0.05, 0) is 37.1 Å². The molecular formula is C14H14N2O3. The lowest BCUT2D eigenvalue weighted by molar-refractivity contribution is 0.0590. The summed E-state index contributed by atoms with van der Waals surface area (Å²) in [7, 11) is 1.22. The third-order valence-electron chi connectivity index (χ3n) is 2.66. The van der Waals surface area contributed by atoms with Crippen molar-refractivity contribution in [2.45, 2.75) is 13.8 Å². The number of nitrogens with zero attached hydrogens (tertiary/aromatic N) is 2. The van der Waals surface area contributed by atoms with E-state index in [0.717, 1.165) is 16.8 Å². The van der Waals surface area contributed by atoms with Crippen LogP contribution in [0.15, 0.2) is 35.3 Å². The number of hydrogen-bond donors (Lipinski definition) is 0. The fourth-order valence-electron chi connectivity index (χ4n) is 1.87. The lowest BCUT2D eigenvalue weighted by Crippen LogP contribution is -2.21. The number of benzene rings is 1. The fraction of sp³-hybridized carbons (Fsp3) is 0.214. The number of ether oxygens (including phenoxy) is 1. The second kappa shape index (κ2) is 5.06. The summed E-state index contributed by atoms with van der Waals surface area (Å²) in [6, 6.07) is 7.18. The Morgan fingerprint density at radius 2 is 1.84 bits per heavy atom. The normalized spacial score (nSPS) is 10.3. The molecule has 98 valence electrons. The SMILES string of the molecule is COC(=O)c1nn(-c2cc(C)cc(C)c2)ccc1=O. The highest BCUT2D eigenvalue weighted by Gasteiger charge is 2.13. The Morgan fingerprint density at radius 3 is 2.42 bits per heavy atom. The van der Waals surface area contributed by atoms with Crippen molar-refractivity contribution in [1.82, 2.24) is 9.78 Å². The molecule has 1 aromatic carbocycles. The largest absolute Gasteiger partial charge is 0.464 e. The van der Waals surface area contributed by atoms with E-state index in [9.17, 15) is 9.59 Å². The third-order valence-corrected chi connectivity index (χ3v) is 2.66. The van der Waals surface area contributed by atoms with Gasteiger partial charge in [0.2, 0.25) is 11.1 Å². The molecule has 0 saturated heterocycles. The van der Waals surface area contributed by atoms with E-state index in [1.807, 2.05) is 32.0 Å². The fourth-order valence-corrected chi connectivity index (χ4v) is 1.87. The van der Waals surface area contributed by atoms with Gasteiger partial charge in [0.1, 0.15) is 0 Å². The predicted octanol–water partition coefficient (Wildman–Crippen LogP) is 1.64. The molecule has 5 heteroatoms. The zero-order chi connectivity index (χ0) is 14.0. The molecule has 0 unspecified atom stereocenters. The average molecular weight is 258 g/mol. The van der Waals surface area contributed by atoms with Gasteiger partial charge in [0, 0.05) is 12.3 Å². The van der Waals surface area contributed by atoms with E-state index in [1.54, 1.807) is 0 Å². The van der Waals surface area contributed by atoms with Crippen LogP contribution < -0.4 is 5.43 Å². The van der Waals surface area contributed by atoms with Crippen LogP contribution in [0, 0.1) is 13.8 Å². The average Bonchev–Trinajstić information content (AvgIpc) is 2.37. The molecule has 0 aliphatic carbocycles. The first-order valence-electron chi connectivity index (χ1n) is 5.78. The highest BCUT2D eigenvalue weighted by molar-refractivity contribution is 5.86. The number of rotatable bonds is 2. The van der Waals surface area contributed by atoms with E-state index in [4.69, 9.17) is 0 Å². The summed E-state index contributed by atoms with van der Waals surface area (Å²) in [5.41, 5.74) is 2.28. The zero-order valence-electron chi connectivity index (χ0n) is 11.0. The summed E-state index contributed by atoms with van der Waals surface area (Å²) >= 11 is 0. The quantitative estimate of drug-likeness (QED) is 0.768. The minimum absolute atomic E-state index is 0.218. The molecule has 0 bridgehead atoms. The molecule has 1 heterocycles. The van der Waals surface area contributed by atoms with Crippen molar-refractivity contribution >= 4 is 5.97 Å². The van der Waals surface area contributed by atoms with Gasteiger partial charge in [-0.1, -0.05) is 6.07 Å². The van der Waals surface area contributed by atoms with Crippen LogP contribution in [0.2, 0.25) is 0 Å². The van der Waals surface area contributed by atoms with Crippen molar-refractivity contribution in [3.8, 4) is 5.69 Å². The Kier molecular flexibility index (Phi) is 3.46. The minimum Gasteiger partial charge on any atom is -0.464 e. The van der Waals surface area contributed by atoms with Crippen LogP contribution in [0.25, 0.3) is 5.69 Å². The van der Waals surface area contributed by atoms with Crippen molar-refractivity contribution in [2.75, 3.05) is 7.11 Å². The van der Waals surface area contributed by atoms with Gasteiger partial charge in [-0.3, -0.25) is 4.79 Å². The molecule has 0 fully saturated rings. The van der Waals surface area contributed by atoms with E-state index in [-0.39, 0.29) is 5.69 Å². The Balaban J connectivity index is 2.57. The number of methoxy groups -OCH3 is 1. The molecule has 0 aliphatic heterocycles. The molecule has 0 radical (unpaired) electrons. The predicted molar refractivity (Wildman–Crippen MR) is 70.6 cm³/mol. The van der Waals surface area contributed by atoms with Crippen LogP contribution in [0.4, 0.5) is 0 Å². The van der Waals surface area contributed by atoms with Crippen molar-refractivity contribution in [3.05, 3.63) is 57.5 Å². The number of carbonyl (C=O) groups excluding carboxylic acids is 1. The number of aryl methyl sites for hydroxylation is 2. The van der Waals surface area contributed by atoms with Gasteiger partial charge < -0.3 is 4.74 Å². The molecule has 0 aliphatic rings. The van der Waals surface area contributed by atoms with E-state index in [2.05, 4.69) is 9.84 Å². The molecule has 2 aromatic rings. The number of carbonyl (C=O) groups is 1. The molecule has 0 N–H and O–H groups in total. The monoisotopic (exact) mass is 258 g/mol. The molecule has 0 saturated carbocycles. The standard InChI is InChI=1S/C14H14N2O3/c1-9-6-10(2)8-11(7-9)16-5-4-12(17)13(15-16)14(18)19-3/h4-8H,1-3H3. The number of aromatic nitrogens is 2. The van der Waals surface area contributed by atoms with Gasteiger partial charge >= 0.3 is 5.97 Å². The molecule has 0 spiro atoms. The van der Waals surface area contributed by atoms with Crippen LogP contribution in [0.5, 0.6) is 0 Å². The van der Waals surface area contributed by atoms with Crippen LogP contribution in [-0.4, -0.2) is 22.9 Å². The maximum atomic E-state index is 11.6. The van der Waals surface area contributed by atoms with Crippen LogP contribution in [0.1, 0.15) is 21.6 Å². The van der Waals surface area contributed by atoms with Gasteiger partial charge in [-0.15, -0.1) is 0 Å². The van der Waals surface area contributed by atoms with Gasteiger partial charge in [0.25, 0.3) is 0 Å². The van der Waals surface area contributed by atoms with Gasteiger partial charge in [-0.25, -0.2) is 9.48 Å². The lowest BCUT2D eigenvalue weighted by atomic mass is 10.1. The van der Waals surface area contributed by atoms with Crippen LogP contribution in [0.3, 0.4) is 0 Å². The van der Waals surface area contributed by atoms with Gasteiger partial charge in [0.15, 0.2) is 0 Å². The Bertz CT molecular complexity index is 669. The lowest BCUT2D eigenvalue weighted by Gasteiger charge is -2.08. The number of hydrogen-bond acceptors (Lipinski definition) is 4. The van der Waals surface area contributed by atoms with Crippen molar-refractivity contribution in [2.24, 2.45) is 0 Å². The molecule has 0 amide bonds. The van der Waals surface area contributed by atoms with Crippen molar-refractivity contribution in [3.63, 3.8) is 0 Å². The molecule has 19 heavy (non-hydrogen) atoms. The Morgan fingerprint density at radius 1 is 1.21 bits per heavy atom. The van der Waals surface area contributed by atoms with Crippen molar-refractivity contribution < 1.29 is 9.53 Å². The first-order valence-corrected chi connectivity index (χ1v) is 5.78. The molecule has 2 rings (SSSR count). The summed E-state index contributed by atoms with van der Waals surface area (Å²) in [5.74, 6) is -0.733. The topological polar surface area (TPSA) is 61.2 Å². The van der Waals surface area contributed by atoms with Gasteiger partial charge in [-0.2, -0.15) is 5.10 Å². The van der Waals surface area contributed by atoms with Crippen LogP contribution >= 0.6 is 0 Å². The van der Waals surface area contributed by atoms with E-state index in [0.29, 0.717) is 0 Å². The molecule has 5 nitrogen and oxygen atoms in total. The maximum absolute atomic E-state index is 11.6. The van der Waals surface area contributed by atoms with Gasteiger partial charge in [0.05, 0.1) is 12.8 Å². The van der Waals surface area contributed by atoms with Crippen LogP contribution in [-0.2, 0) is 4.74 Å². The third kappa shape index (κ3) is 2.70. The summed E-state index contributed by atoms with van der Waals surface area (Å²) < 4.78 is 6.03. The Labute approximate surface area is 110 Å². The highest BCUT2D eigenvalue weighted by Crippen LogP contribution is 2.12. The number of esters is 1. The highest BCUT2D eigenvalue weighted by atomic mass is 16.5. The first-order chi connectivity index (χ1) is 9.01. The summed E-state index contributed by atoms with van der Waals surface area (Å²) in [4.78, 5) is 23.0. The second-order valence-electron chi connectivity index (χ2n) is 4.31. The van der Waals surface area contributed by atoms with Crippen molar-refractivity contribution in [1.29, 1.82) is 0 Å². The van der Waals surface area contributed by atoms with E-state index < -0.39 is 11.4 Å².